The molecule has 0 bridgehead atoms. The van der Waals surface area contributed by atoms with Crippen molar-refractivity contribution in [2.45, 2.75) is 6.54 Å². The van der Waals surface area contributed by atoms with Crippen molar-refractivity contribution in [3.05, 3.63) is 46.4 Å². The highest BCUT2D eigenvalue weighted by atomic mass is 79.9. The number of ether oxygens (including phenoxy) is 2. The summed E-state index contributed by atoms with van der Waals surface area (Å²) >= 11 is 3.30. The summed E-state index contributed by atoms with van der Waals surface area (Å²) in [5, 5.41) is 13.2. The monoisotopic (exact) mass is 337 g/mol. The molecule has 0 aliphatic heterocycles. The highest BCUT2D eigenvalue weighted by Crippen LogP contribution is 2.31. The zero-order valence-electron chi connectivity index (χ0n) is 11.3. The Labute approximate surface area is 126 Å². The average molecular weight is 338 g/mol. The molecule has 5 heteroatoms. The number of anilines is 1. The van der Waals surface area contributed by atoms with Crippen molar-refractivity contribution in [3.63, 3.8) is 0 Å². The molecule has 0 spiro atoms. The molecule has 4 nitrogen and oxygen atoms in total. The molecule has 20 heavy (non-hydrogen) atoms. The number of halogens is 1. The minimum Gasteiger partial charge on any atom is -0.506 e. The van der Waals surface area contributed by atoms with E-state index in [4.69, 9.17) is 9.47 Å². The third-order valence-electron chi connectivity index (χ3n) is 2.95. The largest absolute Gasteiger partial charge is 0.506 e. The fourth-order valence-corrected chi connectivity index (χ4v) is 2.25. The SMILES string of the molecule is COc1ccc(OC)c(NCc2cccc(Br)c2O)c1. The van der Waals surface area contributed by atoms with Gasteiger partial charge in [-0.05, 0) is 34.1 Å². The van der Waals surface area contributed by atoms with E-state index in [-0.39, 0.29) is 5.75 Å². The molecule has 0 saturated carbocycles. The first kappa shape index (κ1) is 14.5. The second-order valence-electron chi connectivity index (χ2n) is 4.17. The Morgan fingerprint density at radius 3 is 2.65 bits per heavy atom. The maximum atomic E-state index is 9.96. The standard InChI is InChI=1S/C15H16BrNO3/c1-19-11-6-7-14(20-2)13(8-11)17-9-10-4-3-5-12(16)15(10)18/h3-8,17-18H,9H2,1-2H3. The van der Waals surface area contributed by atoms with Gasteiger partial charge in [0.2, 0.25) is 0 Å². The highest BCUT2D eigenvalue weighted by Gasteiger charge is 2.08. The lowest BCUT2D eigenvalue weighted by Gasteiger charge is -2.13. The Hall–Kier alpha value is -1.88. The van der Waals surface area contributed by atoms with Crippen LogP contribution in [0.1, 0.15) is 5.56 Å². The first-order chi connectivity index (χ1) is 9.65. The normalized spacial score (nSPS) is 10.2. The van der Waals surface area contributed by atoms with Gasteiger partial charge in [0, 0.05) is 18.2 Å². The summed E-state index contributed by atoms with van der Waals surface area (Å²) in [4.78, 5) is 0. The highest BCUT2D eigenvalue weighted by molar-refractivity contribution is 9.10. The van der Waals surface area contributed by atoms with Crippen LogP contribution in [0.5, 0.6) is 17.2 Å². The van der Waals surface area contributed by atoms with Crippen LogP contribution in [0.25, 0.3) is 0 Å². The molecule has 0 saturated heterocycles. The number of nitrogens with one attached hydrogen (secondary N) is 1. The number of phenolic OH excluding ortho intramolecular Hbond substituents is 1. The van der Waals surface area contributed by atoms with Crippen LogP contribution < -0.4 is 14.8 Å². The predicted octanol–water partition coefficient (Wildman–Crippen LogP) is 3.78. The van der Waals surface area contributed by atoms with Crippen molar-refractivity contribution in [2.24, 2.45) is 0 Å². The lowest BCUT2D eigenvalue weighted by molar-refractivity contribution is 0.404. The molecule has 0 aliphatic rings. The van der Waals surface area contributed by atoms with Crippen molar-refractivity contribution < 1.29 is 14.6 Å². The predicted molar refractivity (Wildman–Crippen MR) is 82.7 cm³/mol. The van der Waals surface area contributed by atoms with E-state index < -0.39 is 0 Å². The van der Waals surface area contributed by atoms with E-state index in [0.29, 0.717) is 11.0 Å². The molecule has 2 aromatic rings. The van der Waals surface area contributed by atoms with Crippen LogP contribution in [0.15, 0.2) is 40.9 Å². The zero-order chi connectivity index (χ0) is 14.5. The summed E-state index contributed by atoms with van der Waals surface area (Å²) < 4.78 is 11.2. The van der Waals surface area contributed by atoms with Gasteiger partial charge in [0.25, 0.3) is 0 Å². The van der Waals surface area contributed by atoms with Crippen molar-refractivity contribution >= 4 is 21.6 Å². The van der Waals surface area contributed by atoms with E-state index in [1.165, 1.54) is 0 Å². The van der Waals surface area contributed by atoms with Gasteiger partial charge < -0.3 is 19.9 Å². The van der Waals surface area contributed by atoms with Gasteiger partial charge in [-0.2, -0.15) is 0 Å². The van der Waals surface area contributed by atoms with Crippen LogP contribution in [0.2, 0.25) is 0 Å². The molecular formula is C15H16BrNO3. The third kappa shape index (κ3) is 3.17. The topological polar surface area (TPSA) is 50.7 Å². The lowest BCUT2D eigenvalue weighted by Crippen LogP contribution is -2.02. The summed E-state index contributed by atoms with van der Waals surface area (Å²) in [5.74, 6) is 1.70. The van der Waals surface area contributed by atoms with Gasteiger partial charge in [0.1, 0.15) is 17.2 Å². The van der Waals surface area contributed by atoms with Crippen LogP contribution in [0.3, 0.4) is 0 Å². The molecule has 0 heterocycles. The first-order valence-corrected chi connectivity index (χ1v) is 6.87. The van der Waals surface area contributed by atoms with E-state index in [9.17, 15) is 5.11 Å². The molecule has 2 N–H and O–H groups in total. The van der Waals surface area contributed by atoms with Gasteiger partial charge in [-0.15, -0.1) is 0 Å². The molecule has 0 amide bonds. The van der Waals surface area contributed by atoms with Crippen LogP contribution in [0.4, 0.5) is 5.69 Å². The quantitative estimate of drug-likeness (QED) is 0.871. The van der Waals surface area contributed by atoms with E-state index in [1.54, 1.807) is 20.3 Å². The van der Waals surface area contributed by atoms with E-state index in [0.717, 1.165) is 22.7 Å². The summed E-state index contributed by atoms with van der Waals surface area (Å²) in [7, 11) is 3.23. The number of hydrogen-bond acceptors (Lipinski definition) is 4. The number of phenols is 1. The van der Waals surface area contributed by atoms with Crippen LogP contribution in [0, 0.1) is 0 Å². The van der Waals surface area contributed by atoms with Crippen molar-refractivity contribution in [2.75, 3.05) is 19.5 Å². The summed E-state index contributed by atoms with van der Waals surface area (Å²) in [6, 6.07) is 11.1. The van der Waals surface area contributed by atoms with Gasteiger partial charge >= 0.3 is 0 Å². The molecule has 0 unspecified atom stereocenters. The Balaban J connectivity index is 2.19. The molecule has 106 valence electrons. The molecule has 2 rings (SSSR count). The molecular weight excluding hydrogens is 322 g/mol. The summed E-state index contributed by atoms with van der Waals surface area (Å²) in [6.45, 7) is 0.481. The van der Waals surface area contributed by atoms with Crippen LogP contribution in [-0.2, 0) is 6.54 Å². The van der Waals surface area contributed by atoms with Crippen molar-refractivity contribution in [1.29, 1.82) is 0 Å². The average Bonchev–Trinajstić information content (AvgIpc) is 2.48. The van der Waals surface area contributed by atoms with Gasteiger partial charge in [0.05, 0.1) is 24.4 Å². The Kier molecular flexibility index (Phi) is 4.74. The fraction of sp³-hybridized carbons (Fsp3) is 0.200. The molecule has 0 aliphatic carbocycles. The maximum absolute atomic E-state index is 9.96. The minimum atomic E-state index is 0.238. The number of aromatic hydroxyl groups is 1. The second kappa shape index (κ2) is 6.52. The Bertz CT molecular complexity index is 602. The molecule has 0 radical (unpaired) electrons. The Morgan fingerprint density at radius 2 is 1.95 bits per heavy atom. The Morgan fingerprint density at radius 1 is 1.15 bits per heavy atom. The van der Waals surface area contributed by atoms with E-state index in [2.05, 4.69) is 21.2 Å². The van der Waals surface area contributed by atoms with Gasteiger partial charge in [-0.3, -0.25) is 0 Å². The number of methoxy groups -OCH3 is 2. The first-order valence-electron chi connectivity index (χ1n) is 6.08. The number of hydrogen-bond donors (Lipinski definition) is 2. The van der Waals surface area contributed by atoms with Crippen LogP contribution >= 0.6 is 15.9 Å². The molecule has 0 fully saturated rings. The number of para-hydroxylation sites is 1. The fourth-order valence-electron chi connectivity index (χ4n) is 1.85. The van der Waals surface area contributed by atoms with Gasteiger partial charge in [-0.1, -0.05) is 12.1 Å². The molecule has 0 atom stereocenters. The zero-order valence-corrected chi connectivity index (χ0v) is 12.9. The maximum Gasteiger partial charge on any atom is 0.142 e. The summed E-state index contributed by atoms with van der Waals surface area (Å²) in [5.41, 5.74) is 1.61. The smallest absolute Gasteiger partial charge is 0.142 e. The second-order valence-corrected chi connectivity index (χ2v) is 5.02. The van der Waals surface area contributed by atoms with E-state index in [1.807, 2.05) is 30.3 Å². The third-order valence-corrected chi connectivity index (χ3v) is 3.59. The molecule has 2 aromatic carbocycles. The number of benzene rings is 2. The summed E-state index contributed by atoms with van der Waals surface area (Å²) in [6.07, 6.45) is 0. The van der Waals surface area contributed by atoms with Gasteiger partial charge in [0.15, 0.2) is 0 Å². The number of rotatable bonds is 5. The molecule has 0 aromatic heterocycles. The minimum absolute atomic E-state index is 0.238. The van der Waals surface area contributed by atoms with Crippen molar-refractivity contribution in [3.8, 4) is 17.2 Å². The lowest BCUT2D eigenvalue weighted by atomic mass is 10.2. The van der Waals surface area contributed by atoms with Crippen molar-refractivity contribution in [1.82, 2.24) is 0 Å². The van der Waals surface area contributed by atoms with E-state index >= 15 is 0 Å². The van der Waals surface area contributed by atoms with Crippen LogP contribution in [-0.4, -0.2) is 19.3 Å². The van der Waals surface area contributed by atoms with Gasteiger partial charge in [-0.25, -0.2) is 0 Å².